The van der Waals surface area contributed by atoms with Gasteiger partial charge < -0.3 is 10.5 Å². The molecule has 116 valence electrons. The molecule has 0 aliphatic rings. The number of para-hydroxylation sites is 1. The second-order valence-electron chi connectivity index (χ2n) is 5.04. The number of nitrogens with two attached hydrogens (primary N) is 1. The third-order valence-electron chi connectivity index (χ3n) is 3.33. The summed E-state index contributed by atoms with van der Waals surface area (Å²) in [7, 11) is 0. The first-order valence-corrected chi connectivity index (χ1v) is 8.09. The van der Waals surface area contributed by atoms with Crippen molar-refractivity contribution in [3.63, 3.8) is 0 Å². The summed E-state index contributed by atoms with van der Waals surface area (Å²) in [6.45, 7) is 0.315. The van der Waals surface area contributed by atoms with E-state index < -0.39 is 5.91 Å². The van der Waals surface area contributed by atoms with Crippen LogP contribution in [0.3, 0.4) is 0 Å². The maximum atomic E-state index is 11.4. The van der Waals surface area contributed by atoms with Gasteiger partial charge in [-0.25, -0.2) is 4.98 Å². The molecule has 5 heteroatoms. The molecule has 2 N–H and O–H groups in total. The van der Waals surface area contributed by atoms with Crippen molar-refractivity contribution in [2.45, 2.75) is 13.0 Å². The Kier molecular flexibility index (Phi) is 4.68. The van der Waals surface area contributed by atoms with Crippen molar-refractivity contribution >= 4 is 17.2 Å². The molecule has 1 heterocycles. The van der Waals surface area contributed by atoms with Crippen molar-refractivity contribution in [1.82, 2.24) is 4.98 Å². The first kappa shape index (κ1) is 15.2. The average molecular weight is 324 g/mol. The number of benzene rings is 2. The zero-order chi connectivity index (χ0) is 16.1. The SMILES string of the molecule is NC(=O)c1ccccc1OCc1csc(Cc2ccccc2)n1. The molecule has 0 aliphatic carbocycles. The zero-order valence-corrected chi connectivity index (χ0v) is 13.3. The number of rotatable bonds is 6. The molecule has 1 amide bonds. The van der Waals surface area contributed by atoms with E-state index >= 15 is 0 Å². The first-order chi connectivity index (χ1) is 11.2. The van der Waals surface area contributed by atoms with E-state index in [1.54, 1.807) is 29.5 Å². The van der Waals surface area contributed by atoms with Gasteiger partial charge in [0.2, 0.25) is 0 Å². The Morgan fingerprint density at radius 2 is 1.83 bits per heavy atom. The van der Waals surface area contributed by atoms with E-state index in [-0.39, 0.29) is 0 Å². The van der Waals surface area contributed by atoms with E-state index in [2.05, 4.69) is 17.1 Å². The molecule has 0 unspecified atom stereocenters. The second-order valence-corrected chi connectivity index (χ2v) is 5.99. The molecular formula is C18H16N2O2S. The number of nitrogens with zero attached hydrogens (tertiary/aromatic N) is 1. The average Bonchev–Trinajstić information content (AvgIpc) is 3.01. The number of primary amides is 1. The smallest absolute Gasteiger partial charge is 0.252 e. The highest BCUT2D eigenvalue weighted by Crippen LogP contribution is 2.20. The fourth-order valence-corrected chi connectivity index (χ4v) is 3.03. The first-order valence-electron chi connectivity index (χ1n) is 7.21. The van der Waals surface area contributed by atoms with Gasteiger partial charge in [-0.2, -0.15) is 0 Å². The van der Waals surface area contributed by atoms with Crippen LogP contribution in [0.2, 0.25) is 0 Å². The van der Waals surface area contributed by atoms with Crippen molar-refractivity contribution < 1.29 is 9.53 Å². The van der Waals surface area contributed by atoms with Gasteiger partial charge in [0.15, 0.2) is 0 Å². The fraction of sp³-hybridized carbons (Fsp3) is 0.111. The minimum Gasteiger partial charge on any atom is -0.486 e. The Bertz CT molecular complexity index is 800. The van der Waals surface area contributed by atoms with Gasteiger partial charge in [0.1, 0.15) is 12.4 Å². The van der Waals surface area contributed by atoms with Gasteiger partial charge in [-0.1, -0.05) is 42.5 Å². The quantitative estimate of drug-likeness (QED) is 0.755. The van der Waals surface area contributed by atoms with Crippen molar-refractivity contribution in [3.05, 3.63) is 81.8 Å². The number of carbonyl (C=O) groups excluding carboxylic acids is 1. The van der Waals surface area contributed by atoms with Gasteiger partial charge in [0, 0.05) is 11.8 Å². The third kappa shape index (κ3) is 3.96. The highest BCUT2D eigenvalue weighted by atomic mass is 32.1. The molecule has 23 heavy (non-hydrogen) atoms. The lowest BCUT2D eigenvalue weighted by atomic mass is 10.2. The highest BCUT2D eigenvalue weighted by Gasteiger charge is 2.09. The van der Waals surface area contributed by atoms with E-state index in [0.717, 1.165) is 17.1 Å². The lowest BCUT2D eigenvalue weighted by Crippen LogP contribution is -2.12. The zero-order valence-electron chi connectivity index (χ0n) is 12.4. The minimum absolute atomic E-state index is 0.315. The van der Waals surface area contributed by atoms with Gasteiger partial charge >= 0.3 is 0 Å². The summed E-state index contributed by atoms with van der Waals surface area (Å²) >= 11 is 1.61. The number of aromatic nitrogens is 1. The molecule has 0 fully saturated rings. The lowest BCUT2D eigenvalue weighted by Gasteiger charge is -2.07. The molecule has 2 aromatic carbocycles. The Hall–Kier alpha value is -2.66. The number of hydrogen-bond acceptors (Lipinski definition) is 4. The van der Waals surface area contributed by atoms with E-state index in [1.807, 2.05) is 29.6 Å². The summed E-state index contributed by atoms with van der Waals surface area (Å²) in [5.41, 5.74) is 7.80. The van der Waals surface area contributed by atoms with E-state index in [0.29, 0.717) is 17.9 Å². The van der Waals surface area contributed by atoms with Gasteiger partial charge in [0.25, 0.3) is 5.91 Å². The van der Waals surface area contributed by atoms with Crippen LogP contribution in [0, 0.1) is 0 Å². The summed E-state index contributed by atoms with van der Waals surface area (Å²) in [4.78, 5) is 15.9. The summed E-state index contributed by atoms with van der Waals surface area (Å²) in [6, 6.07) is 17.2. The second kappa shape index (κ2) is 7.07. The van der Waals surface area contributed by atoms with Crippen molar-refractivity contribution in [2.24, 2.45) is 5.73 Å². The number of amides is 1. The molecule has 0 atom stereocenters. The summed E-state index contributed by atoms with van der Waals surface area (Å²) < 4.78 is 5.69. The van der Waals surface area contributed by atoms with Crippen LogP contribution < -0.4 is 10.5 Å². The van der Waals surface area contributed by atoms with Crippen LogP contribution in [0.5, 0.6) is 5.75 Å². The van der Waals surface area contributed by atoms with Gasteiger partial charge in [0.05, 0.1) is 16.3 Å². The van der Waals surface area contributed by atoms with Crippen LogP contribution in [0.1, 0.15) is 26.6 Å². The predicted octanol–water partition coefficient (Wildman–Crippen LogP) is 3.41. The minimum atomic E-state index is -0.497. The monoisotopic (exact) mass is 324 g/mol. The molecule has 0 saturated carbocycles. The van der Waals surface area contributed by atoms with Crippen LogP contribution in [-0.4, -0.2) is 10.9 Å². The van der Waals surface area contributed by atoms with Gasteiger partial charge in [-0.3, -0.25) is 4.79 Å². The Labute approximate surface area is 138 Å². The Balaban J connectivity index is 1.65. The van der Waals surface area contributed by atoms with Crippen LogP contribution >= 0.6 is 11.3 Å². The fourth-order valence-electron chi connectivity index (χ4n) is 2.21. The van der Waals surface area contributed by atoms with Crippen molar-refractivity contribution in [1.29, 1.82) is 0 Å². The van der Waals surface area contributed by atoms with E-state index in [1.165, 1.54) is 5.56 Å². The molecule has 0 bridgehead atoms. The molecule has 0 saturated heterocycles. The highest BCUT2D eigenvalue weighted by molar-refractivity contribution is 7.09. The maximum Gasteiger partial charge on any atom is 0.252 e. The normalized spacial score (nSPS) is 10.4. The molecule has 0 aliphatic heterocycles. The molecule has 1 aromatic heterocycles. The van der Waals surface area contributed by atoms with E-state index in [9.17, 15) is 4.79 Å². The Morgan fingerprint density at radius 1 is 1.09 bits per heavy atom. The van der Waals surface area contributed by atoms with Crippen LogP contribution in [0.15, 0.2) is 60.0 Å². The maximum absolute atomic E-state index is 11.4. The molecular weight excluding hydrogens is 308 g/mol. The topological polar surface area (TPSA) is 65.2 Å². The Morgan fingerprint density at radius 3 is 2.61 bits per heavy atom. The summed E-state index contributed by atoms with van der Waals surface area (Å²) in [6.07, 6.45) is 0.809. The lowest BCUT2D eigenvalue weighted by molar-refractivity contribution is 0.0996. The number of ether oxygens (including phenoxy) is 1. The molecule has 0 spiro atoms. The van der Waals surface area contributed by atoms with Crippen molar-refractivity contribution in [2.75, 3.05) is 0 Å². The molecule has 3 rings (SSSR count). The van der Waals surface area contributed by atoms with Gasteiger partial charge in [-0.05, 0) is 17.7 Å². The number of thiazole rings is 1. The number of hydrogen-bond donors (Lipinski definition) is 1. The summed E-state index contributed by atoms with van der Waals surface area (Å²) in [5, 5.41) is 3.02. The standard InChI is InChI=1S/C18H16N2O2S/c19-18(21)15-8-4-5-9-16(15)22-11-14-12-23-17(20-14)10-13-6-2-1-3-7-13/h1-9,12H,10-11H2,(H2,19,21). The molecule has 0 radical (unpaired) electrons. The van der Waals surface area contributed by atoms with Crippen molar-refractivity contribution in [3.8, 4) is 5.75 Å². The van der Waals surface area contributed by atoms with Crippen LogP contribution in [-0.2, 0) is 13.0 Å². The largest absolute Gasteiger partial charge is 0.486 e. The van der Waals surface area contributed by atoms with Crippen LogP contribution in [0.25, 0.3) is 0 Å². The number of carbonyl (C=O) groups is 1. The molecule has 4 nitrogen and oxygen atoms in total. The predicted molar refractivity (Wildman–Crippen MR) is 90.7 cm³/mol. The summed E-state index contributed by atoms with van der Waals surface area (Å²) in [5.74, 6) is -0.0127. The van der Waals surface area contributed by atoms with Crippen LogP contribution in [0.4, 0.5) is 0 Å². The molecule has 3 aromatic rings. The van der Waals surface area contributed by atoms with Gasteiger partial charge in [-0.15, -0.1) is 11.3 Å². The van der Waals surface area contributed by atoms with E-state index in [4.69, 9.17) is 10.5 Å². The third-order valence-corrected chi connectivity index (χ3v) is 4.22.